The van der Waals surface area contributed by atoms with Gasteiger partial charge in [-0.05, 0) is 38.6 Å². The summed E-state index contributed by atoms with van der Waals surface area (Å²) in [6, 6.07) is -0.0769. The fourth-order valence-corrected chi connectivity index (χ4v) is 2.37. The summed E-state index contributed by atoms with van der Waals surface area (Å²) in [6.45, 7) is 5.03. The number of amides is 1. The van der Waals surface area contributed by atoms with Crippen LogP contribution in [0.3, 0.4) is 0 Å². The molecule has 1 atom stereocenters. The number of rotatable bonds is 5. The zero-order valence-electron chi connectivity index (χ0n) is 10.9. The molecule has 0 aromatic carbocycles. The molecule has 16 heavy (non-hydrogen) atoms. The normalized spacial score (nSPS) is 27.4. The third-order valence-corrected chi connectivity index (χ3v) is 3.93. The molecular weight excluding hydrogens is 200 g/mol. The van der Waals surface area contributed by atoms with Crippen LogP contribution in [0.2, 0.25) is 0 Å². The van der Waals surface area contributed by atoms with Gasteiger partial charge < -0.3 is 10.6 Å². The van der Waals surface area contributed by atoms with Gasteiger partial charge in [-0.25, -0.2) is 0 Å². The van der Waals surface area contributed by atoms with Crippen LogP contribution in [0.1, 0.15) is 46.0 Å². The van der Waals surface area contributed by atoms with Crippen LogP contribution in [-0.4, -0.2) is 25.5 Å². The van der Waals surface area contributed by atoms with Gasteiger partial charge in [-0.1, -0.05) is 26.2 Å². The molecule has 1 saturated carbocycles. The summed E-state index contributed by atoms with van der Waals surface area (Å²) in [7, 11) is 1.82. The lowest BCUT2D eigenvalue weighted by molar-refractivity contribution is -0.122. The minimum absolute atomic E-state index is 0.0769. The Morgan fingerprint density at radius 3 is 2.31 bits per heavy atom. The molecule has 2 N–H and O–H groups in total. The van der Waals surface area contributed by atoms with Gasteiger partial charge in [-0.2, -0.15) is 0 Å². The fourth-order valence-electron chi connectivity index (χ4n) is 2.37. The number of carbonyl (C=O) groups excluding carboxylic acids is 1. The number of nitrogens with one attached hydrogen (secondary N) is 2. The van der Waals surface area contributed by atoms with E-state index < -0.39 is 0 Å². The van der Waals surface area contributed by atoms with Gasteiger partial charge in [0, 0.05) is 6.54 Å². The van der Waals surface area contributed by atoms with E-state index in [1.54, 1.807) is 0 Å². The Labute approximate surface area is 99.4 Å². The van der Waals surface area contributed by atoms with Crippen molar-refractivity contribution < 1.29 is 4.79 Å². The highest BCUT2D eigenvalue weighted by Gasteiger charge is 2.20. The van der Waals surface area contributed by atoms with E-state index in [2.05, 4.69) is 17.6 Å². The van der Waals surface area contributed by atoms with Gasteiger partial charge in [-0.3, -0.25) is 4.79 Å². The summed E-state index contributed by atoms with van der Waals surface area (Å²) < 4.78 is 0. The van der Waals surface area contributed by atoms with E-state index in [1.807, 2.05) is 14.0 Å². The molecule has 1 fully saturated rings. The van der Waals surface area contributed by atoms with Crippen molar-refractivity contribution in [2.45, 2.75) is 52.0 Å². The molecule has 0 aromatic heterocycles. The van der Waals surface area contributed by atoms with Crippen LogP contribution in [0.5, 0.6) is 0 Å². The molecule has 0 aromatic rings. The lowest BCUT2D eigenvalue weighted by Gasteiger charge is -2.28. The van der Waals surface area contributed by atoms with Crippen molar-refractivity contribution in [3.05, 3.63) is 0 Å². The van der Waals surface area contributed by atoms with E-state index in [0.29, 0.717) is 5.92 Å². The van der Waals surface area contributed by atoms with Crippen molar-refractivity contribution in [1.82, 2.24) is 10.6 Å². The molecule has 1 aliphatic rings. The van der Waals surface area contributed by atoms with E-state index in [0.717, 1.165) is 12.5 Å². The predicted octanol–water partition coefficient (Wildman–Crippen LogP) is 1.93. The highest BCUT2D eigenvalue weighted by molar-refractivity contribution is 5.81. The van der Waals surface area contributed by atoms with E-state index in [4.69, 9.17) is 0 Å². The van der Waals surface area contributed by atoms with Crippen LogP contribution < -0.4 is 10.6 Å². The first-order valence-electron chi connectivity index (χ1n) is 6.62. The second kappa shape index (κ2) is 6.89. The number of hydrogen-bond donors (Lipinski definition) is 2. The van der Waals surface area contributed by atoms with Gasteiger partial charge in [0.05, 0.1) is 6.04 Å². The van der Waals surface area contributed by atoms with Crippen molar-refractivity contribution in [1.29, 1.82) is 0 Å². The Bertz CT molecular complexity index is 210. The molecule has 1 unspecified atom stereocenters. The Kier molecular flexibility index (Phi) is 5.81. The van der Waals surface area contributed by atoms with Crippen molar-refractivity contribution in [3.63, 3.8) is 0 Å². The lowest BCUT2D eigenvalue weighted by atomic mass is 9.81. The molecule has 1 aliphatic carbocycles. The summed E-state index contributed by atoms with van der Waals surface area (Å²) in [5.74, 6) is 1.76. The first-order valence-corrected chi connectivity index (χ1v) is 6.62. The minimum atomic E-state index is -0.0769. The number of hydrogen-bond acceptors (Lipinski definition) is 2. The zero-order valence-corrected chi connectivity index (χ0v) is 10.9. The van der Waals surface area contributed by atoms with E-state index in [9.17, 15) is 4.79 Å². The minimum Gasteiger partial charge on any atom is -0.354 e. The predicted molar refractivity (Wildman–Crippen MR) is 67.3 cm³/mol. The maximum Gasteiger partial charge on any atom is 0.236 e. The van der Waals surface area contributed by atoms with Crippen LogP contribution in [0, 0.1) is 11.8 Å². The van der Waals surface area contributed by atoms with Crippen molar-refractivity contribution in [2.24, 2.45) is 11.8 Å². The first-order chi connectivity index (χ1) is 7.67. The molecule has 94 valence electrons. The van der Waals surface area contributed by atoms with Crippen molar-refractivity contribution >= 4 is 5.91 Å². The standard InChI is InChI=1S/C13H26N2O/c1-4-11-5-7-12(8-6-11)9-15-13(16)10(2)14-3/h10-12,14H,4-9H2,1-3H3,(H,15,16). The average Bonchev–Trinajstić information content (AvgIpc) is 2.35. The highest BCUT2D eigenvalue weighted by Crippen LogP contribution is 2.29. The van der Waals surface area contributed by atoms with Crippen LogP contribution in [-0.2, 0) is 4.79 Å². The van der Waals surface area contributed by atoms with Gasteiger partial charge in [0.15, 0.2) is 0 Å². The quantitative estimate of drug-likeness (QED) is 0.752. The topological polar surface area (TPSA) is 41.1 Å². The Morgan fingerprint density at radius 2 is 1.81 bits per heavy atom. The highest BCUT2D eigenvalue weighted by atomic mass is 16.2. The van der Waals surface area contributed by atoms with E-state index in [-0.39, 0.29) is 11.9 Å². The number of likely N-dealkylation sites (N-methyl/N-ethyl adjacent to an activating group) is 1. The summed E-state index contributed by atoms with van der Waals surface area (Å²) in [6.07, 6.45) is 6.58. The summed E-state index contributed by atoms with van der Waals surface area (Å²) in [5.41, 5.74) is 0. The van der Waals surface area contributed by atoms with Crippen LogP contribution >= 0.6 is 0 Å². The third kappa shape index (κ3) is 4.12. The fraction of sp³-hybridized carbons (Fsp3) is 0.923. The monoisotopic (exact) mass is 226 g/mol. The molecule has 0 bridgehead atoms. The van der Waals surface area contributed by atoms with Crippen LogP contribution in [0.15, 0.2) is 0 Å². The summed E-state index contributed by atoms with van der Waals surface area (Å²) >= 11 is 0. The smallest absolute Gasteiger partial charge is 0.236 e. The first kappa shape index (κ1) is 13.5. The van der Waals surface area contributed by atoms with E-state index >= 15 is 0 Å². The molecule has 0 radical (unpaired) electrons. The Balaban J connectivity index is 2.17. The Hall–Kier alpha value is -0.570. The van der Waals surface area contributed by atoms with Gasteiger partial charge >= 0.3 is 0 Å². The second-order valence-electron chi connectivity index (χ2n) is 5.05. The van der Waals surface area contributed by atoms with Gasteiger partial charge in [-0.15, -0.1) is 0 Å². The summed E-state index contributed by atoms with van der Waals surface area (Å²) in [5, 5.41) is 5.99. The SMILES string of the molecule is CCC1CCC(CNC(=O)C(C)NC)CC1. The molecular formula is C13H26N2O. The van der Waals surface area contributed by atoms with Crippen LogP contribution in [0.25, 0.3) is 0 Å². The maximum atomic E-state index is 11.6. The maximum absolute atomic E-state index is 11.6. The second-order valence-corrected chi connectivity index (χ2v) is 5.05. The van der Waals surface area contributed by atoms with Gasteiger partial charge in [0.1, 0.15) is 0 Å². The number of carbonyl (C=O) groups is 1. The van der Waals surface area contributed by atoms with Gasteiger partial charge in [0.25, 0.3) is 0 Å². The molecule has 0 spiro atoms. The molecule has 0 saturated heterocycles. The third-order valence-electron chi connectivity index (χ3n) is 3.93. The molecule has 1 rings (SSSR count). The van der Waals surface area contributed by atoms with Crippen LogP contribution in [0.4, 0.5) is 0 Å². The lowest BCUT2D eigenvalue weighted by Crippen LogP contribution is -2.42. The molecule has 1 amide bonds. The zero-order chi connectivity index (χ0) is 12.0. The van der Waals surface area contributed by atoms with E-state index in [1.165, 1.54) is 32.1 Å². The Morgan fingerprint density at radius 1 is 1.25 bits per heavy atom. The molecule has 0 heterocycles. The summed E-state index contributed by atoms with van der Waals surface area (Å²) in [4.78, 5) is 11.6. The van der Waals surface area contributed by atoms with Crippen molar-refractivity contribution in [3.8, 4) is 0 Å². The largest absolute Gasteiger partial charge is 0.354 e. The molecule has 3 heteroatoms. The molecule has 0 aliphatic heterocycles. The van der Waals surface area contributed by atoms with Gasteiger partial charge in [0.2, 0.25) is 5.91 Å². The molecule has 3 nitrogen and oxygen atoms in total. The average molecular weight is 226 g/mol. The van der Waals surface area contributed by atoms with Crippen molar-refractivity contribution in [2.75, 3.05) is 13.6 Å².